The first-order valence-electron chi connectivity index (χ1n) is 6.12. The van der Waals surface area contributed by atoms with E-state index < -0.39 is 16.7 Å². The monoisotopic (exact) mass is 342 g/mol. The summed E-state index contributed by atoms with van der Waals surface area (Å²) in [6, 6.07) is 4.74. The number of rotatable bonds is 2. The van der Waals surface area contributed by atoms with Gasteiger partial charge in [0.05, 0.1) is 27.2 Å². The summed E-state index contributed by atoms with van der Waals surface area (Å²) in [4.78, 5) is 13.9. The molecule has 0 aliphatic carbocycles. The van der Waals surface area contributed by atoms with Crippen LogP contribution < -0.4 is 0 Å². The number of aromatic nitrogens is 3. The SMILES string of the molecule is O=[N+]([O-])c1ccc2c(cnn2-c2ncc(C(F)(F)F)cc2Cl)c1. The Morgan fingerprint density at radius 3 is 2.57 bits per heavy atom. The Morgan fingerprint density at radius 2 is 1.96 bits per heavy atom. The molecule has 0 amide bonds. The number of benzene rings is 1. The smallest absolute Gasteiger partial charge is 0.258 e. The number of fused-ring (bicyclic) bond motifs is 1. The van der Waals surface area contributed by atoms with Crippen molar-refractivity contribution in [3.05, 3.63) is 57.4 Å². The molecule has 2 heterocycles. The maximum Gasteiger partial charge on any atom is 0.417 e. The fourth-order valence-corrected chi connectivity index (χ4v) is 2.29. The molecule has 23 heavy (non-hydrogen) atoms. The lowest BCUT2D eigenvalue weighted by molar-refractivity contribution is -0.384. The average molecular weight is 343 g/mol. The maximum atomic E-state index is 12.6. The van der Waals surface area contributed by atoms with Gasteiger partial charge in [-0.15, -0.1) is 0 Å². The highest BCUT2D eigenvalue weighted by molar-refractivity contribution is 6.32. The van der Waals surface area contributed by atoms with Crippen LogP contribution in [0.2, 0.25) is 5.02 Å². The Kier molecular flexibility index (Phi) is 3.44. The Hall–Kier alpha value is -2.68. The van der Waals surface area contributed by atoms with E-state index in [-0.39, 0.29) is 16.5 Å². The molecule has 0 N–H and O–H groups in total. The van der Waals surface area contributed by atoms with E-state index in [4.69, 9.17) is 11.6 Å². The third kappa shape index (κ3) is 2.70. The van der Waals surface area contributed by atoms with Gasteiger partial charge < -0.3 is 0 Å². The van der Waals surface area contributed by atoms with Gasteiger partial charge in [0.2, 0.25) is 0 Å². The molecular weight excluding hydrogens is 337 g/mol. The number of nitro groups is 1. The minimum atomic E-state index is -4.55. The molecule has 0 bridgehead atoms. The van der Waals surface area contributed by atoms with Crippen molar-refractivity contribution in [1.82, 2.24) is 14.8 Å². The fraction of sp³-hybridized carbons (Fsp3) is 0.0769. The highest BCUT2D eigenvalue weighted by Gasteiger charge is 2.31. The molecule has 10 heteroatoms. The normalized spacial score (nSPS) is 11.8. The second-order valence-corrected chi connectivity index (χ2v) is 4.99. The highest BCUT2D eigenvalue weighted by atomic mass is 35.5. The van der Waals surface area contributed by atoms with E-state index in [0.717, 1.165) is 6.07 Å². The molecule has 0 saturated heterocycles. The summed E-state index contributed by atoms with van der Waals surface area (Å²) < 4.78 is 39.1. The fourth-order valence-electron chi connectivity index (χ4n) is 2.04. The van der Waals surface area contributed by atoms with E-state index in [1.165, 1.54) is 29.1 Å². The zero-order valence-corrected chi connectivity index (χ0v) is 11.8. The number of hydrogen-bond acceptors (Lipinski definition) is 4. The molecule has 118 valence electrons. The Labute approximate surface area is 131 Å². The highest BCUT2D eigenvalue weighted by Crippen LogP contribution is 2.32. The third-order valence-electron chi connectivity index (χ3n) is 3.11. The van der Waals surface area contributed by atoms with Crippen LogP contribution in [-0.2, 0) is 6.18 Å². The molecule has 6 nitrogen and oxygen atoms in total. The summed E-state index contributed by atoms with van der Waals surface area (Å²) in [5, 5.41) is 14.9. The van der Waals surface area contributed by atoms with Gasteiger partial charge in [-0.05, 0) is 12.1 Å². The minimum absolute atomic E-state index is 0.00326. The summed E-state index contributed by atoms with van der Waals surface area (Å²) in [5.74, 6) is 0.00326. The maximum absolute atomic E-state index is 12.6. The van der Waals surface area contributed by atoms with E-state index in [2.05, 4.69) is 10.1 Å². The molecule has 1 aromatic carbocycles. The van der Waals surface area contributed by atoms with Crippen LogP contribution in [0.15, 0.2) is 36.7 Å². The van der Waals surface area contributed by atoms with Gasteiger partial charge in [0, 0.05) is 23.7 Å². The number of alkyl halides is 3. The second-order valence-electron chi connectivity index (χ2n) is 4.58. The largest absolute Gasteiger partial charge is 0.417 e. The van der Waals surface area contributed by atoms with Crippen LogP contribution in [-0.4, -0.2) is 19.7 Å². The number of nitro benzene ring substituents is 1. The van der Waals surface area contributed by atoms with Crippen LogP contribution in [0.4, 0.5) is 18.9 Å². The lowest BCUT2D eigenvalue weighted by Crippen LogP contribution is -2.08. The van der Waals surface area contributed by atoms with E-state index >= 15 is 0 Å². The standard InChI is InChI=1S/C13H6ClF3N4O2/c14-10-4-8(13(15,16)17)6-18-12(10)20-11-2-1-9(21(22)23)3-7(11)5-19-20/h1-6H. The average Bonchev–Trinajstić information content (AvgIpc) is 2.89. The molecule has 0 atom stereocenters. The van der Waals surface area contributed by atoms with Crippen molar-refractivity contribution < 1.29 is 18.1 Å². The summed E-state index contributed by atoms with van der Waals surface area (Å²) in [7, 11) is 0. The van der Waals surface area contributed by atoms with Crippen LogP contribution in [0, 0.1) is 10.1 Å². The number of pyridine rings is 1. The van der Waals surface area contributed by atoms with E-state index in [1.807, 2.05) is 0 Å². The molecule has 3 aromatic rings. The molecule has 0 fully saturated rings. The van der Waals surface area contributed by atoms with Crippen LogP contribution >= 0.6 is 11.6 Å². The van der Waals surface area contributed by atoms with E-state index in [9.17, 15) is 23.3 Å². The van der Waals surface area contributed by atoms with Crippen LogP contribution in [0.1, 0.15) is 5.56 Å². The van der Waals surface area contributed by atoms with Crippen LogP contribution in [0.25, 0.3) is 16.7 Å². The van der Waals surface area contributed by atoms with Gasteiger partial charge in [0.15, 0.2) is 5.82 Å². The lowest BCUT2D eigenvalue weighted by Gasteiger charge is -2.09. The topological polar surface area (TPSA) is 73.8 Å². The molecular formula is C13H6ClF3N4O2. The van der Waals surface area contributed by atoms with Crippen molar-refractivity contribution in [2.24, 2.45) is 0 Å². The molecule has 2 aromatic heterocycles. The molecule has 0 spiro atoms. The van der Waals surface area contributed by atoms with Gasteiger partial charge in [-0.2, -0.15) is 18.3 Å². The number of hydrogen-bond donors (Lipinski definition) is 0. The summed E-state index contributed by atoms with van der Waals surface area (Å²) in [5.41, 5.74) is -0.661. The van der Waals surface area contributed by atoms with Gasteiger partial charge in [-0.3, -0.25) is 10.1 Å². The summed E-state index contributed by atoms with van der Waals surface area (Å²) in [6.45, 7) is 0. The van der Waals surface area contributed by atoms with Crippen molar-refractivity contribution in [3.8, 4) is 5.82 Å². The van der Waals surface area contributed by atoms with Gasteiger partial charge >= 0.3 is 6.18 Å². The predicted octanol–water partition coefficient (Wildman–Crippen LogP) is 4.00. The van der Waals surface area contributed by atoms with Gasteiger partial charge in [-0.25, -0.2) is 9.67 Å². The van der Waals surface area contributed by atoms with Crippen LogP contribution in [0.5, 0.6) is 0 Å². The number of non-ortho nitro benzene ring substituents is 1. The molecule has 0 aliphatic heterocycles. The Morgan fingerprint density at radius 1 is 1.22 bits per heavy atom. The van der Waals surface area contributed by atoms with Gasteiger partial charge in [0.25, 0.3) is 5.69 Å². The zero-order chi connectivity index (χ0) is 16.8. The minimum Gasteiger partial charge on any atom is -0.258 e. The summed E-state index contributed by atoms with van der Waals surface area (Å²) >= 11 is 5.88. The lowest BCUT2D eigenvalue weighted by atomic mass is 10.2. The summed E-state index contributed by atoms with van der Waals surface area (Å²) in [6.07, 6.45) is -2.56. The molecule has 3 rings (SSSR count). The van der Waals surface area contributed by atoms with E-state index in [0.29, 0.717) is 17.1 Å². The number of nitrogens with zero attached hydrogens (tertiary/aromatic N) is 4. The van der Waals surface area contributed by atoms with Crippen molar-refractivity contribution in [2.45, 2.75) is 6.18 Å². The second kappa shape index (κ2) is 5.20. The Bertz CT molecular complexity index is 923. The van der Waals surface area contributed by atoms with E-state index in [1.54, 1.807) is 0 Å². The molecule has 0 saturated carbocycles. The first kappa shape index (κ1) is 15.2. The van der Waals surface area contributed by atoms with Crippen molar-refractivity contribution in [2.75, 3.05) is 0 Å². The first-order valence-corrected chi connectivity index (χ1v) is 6.50. The number of halogens is 4. The van der Waals surface area contributed by atoms with Crippen molar-refractivity contribution >= 4 is 28.2 Å². The van der Waals surface area contributed by atoms with Gasteiger partial charge in [0.1, 0.15) is 0 Å². The zero-order valence-electron chi connectivity index (χ0n) is 11.1. The Balaban J connectivity index is 2.12. The third-order valence-corrected chi connectivity index (χ3v) is 3.39. The molecule has 0 radical (unpaired) electrons. The predicted molar refractivity (Wildman–Crippen MR) is 75.5 cm³/mol. The van der Waals surface area contributed by atoms with Crippen molar-refractivity contribution in [3.63, 3.8) is 0 Å². The first-order chi connectivity index (χ1) is 10.8. The molecule has 0 unspecified atom stereocenters. The van der Waals surface area contributed by atoms with Crippen LogP contribution in [0.3, 0.4) is 0 Å². The van der Waals surface area contributed by atoms with Gasteiger partial charge in [-0.1, -0.05) is 11.6 Å². The molecule has 0 aliphatic rings. The quantitative estimate of drug-likeness (QED) is 0.521. The van der Waals surface area contributed by atoms with Crippen molar-refractivity contribution in [1.29, 1.82) is 0 Å².